The quantitative estimate of drug-likeness (QED) is 0.837. The molecule has 1 amide bonds. The zero-order chi connectivity index (χ0) is 17.8. The number of carbonyl (C=O) groups excluding carboxylic acids is 1. The van der Waals surface area contributed by atoms with Crippen molar-refractivity contribution in [3.05, 3.63) is 53.8 Å². The fourth-order valence-electron chi connectivity index (χ4n) is 2.81. The third kappa shape index (κ3) is 4.48. The van der Waals surface area contributed by atoms with Gasteiger partial charge < -0.3 is 20.7 Å². The number of rotatable bonds is 4. The lowest BCUT2D eigenvalue weighted by Gasteiger charge is -2.29. The van der Waals surface area contributed by atoms with Gasteiger partial charge in [-0.2, -0.15) is 0 Å². The van der Waals surface area contributed by atoms with Crippen molar-refractivity contribution in [2.45, 2.75) is 18.9 Å². The standard InChI is InChI=1S/C19H22FN3O2/c1-23-10-8-16(9-11-23)25-15-5-2-13(3-6-15)19(24)22-18-12-14(20)4-7-17(18)21/h2-7,12,16H,8-11,21H2,1H3,(H,22,24). The van der Waals surface area contributed by atoms with E-state index in [1.165, 1.54) is 18.2 Å². The third-order valence-electron chi connectivity index (χ3n) is 4.35. The maximum Gasteiger partial charge on any atom is 0.255 e. The first-order chi connectivity index (χ1) is 12.0. The molecule has 132 valence electrons. The van der Waals surface area contributed by atoms with Crippen LogP contribution in [0.5, 0.6) is 5.75 Å². The molecule has 25 heavy (non-hydrogen) atoms. The molecule has 1 aliphatic heterocycles. The maximum absolute atomic E-state index is 13.3. The number of nitrogens with one attached hydrogen (secondary N) is 1. The number of benzene rings is 2. The molecule has 0 atom stereocenters. The number of hydrogen-bond acceptors (Lipinski definition) is 4. The summed E-state index contributed by atoms with van der Waals surface area (Å²) in [5.41, 5.74) is 6.78. The average molecular weight is 343 g/mol. The summed E-state index contributed by atoms with van der Waals surface area (Å²) in [7, 11) is 2.11. The van der Waals surface area contributed by atoms with E-state index < -0.39 is 5.82 Å². The molecule has 0 spiro atoms. The number of likely N-dealkylation sites (tertiary alicyclic amines) is 1. The third-order valence-corrected chi connectivity index (χ3v) is 4.35. The Morgan fingerprint density at radius 1 is 1.20 bits per heavy atom. The molecule has 2 aromatic carbocycles. The van der Waals surface area contributed by atoms with Gasteiger partial charge in [-0.1, -0.05) is 0 Å². The number of halogens is 1. The normalized spacial score (nSPS) is 15.8. The summed E-state index contributed by atoms with van der Waals surface area (Å²) in [6, 6.07) is 10.8. The minimum Gasteiger partial charge on any atom is -0.490 e. The predicted octanol–water partition coefficient (Wildman–Crippen LogP) is 3.13. The predicted molar refractivity (Wildman–Crippen MR) is 96.4 cm³/mol. The van der Waals surface area contributed by atoms with E-state index in [-0.39, 0.29) is 17.7 Å². The van der Waals surface area contributed by atoms with Crippen LogP contribution < -0.4 is 15.8 Å². The Bertz CT molecular complexity index is 741. The Balaban J connectivity index is 1.61. The summed E-state index contributed by atoms with van der Waals surface area (Å²) < 4.78 is 19.2. The lowest BCUT2D eigenvalue weighted by Crippen LogP contribution is -2.35. The van der Waals surface area contributed by atoms with Gasteiger partial charge in [-0.05, 0) is 62.4 Å². The molecule has 1 fully saturated rings. The van der Waals surface area contributed by atoms with Gasteiger partial charge in [0.1, 0.15) is 17.7 Å². The second kappa shape index (κ2) is 7.53. The van der Waals surface area contributed by atoms with Crippen LogP contribution in [-0.2, 0) is 0 Å². The van der Waals surface area contributed by atoms with Crippen LogP contribution in [0.15, 0.2) is 42.5 Å². The number of nitrogen functional groups attached to an aromatic ring is 1. The van der Waals surface area contributed by atoms with Crippen LogP contribution in [0, 0.1) is 5.82 Å². The van der Waals surface area contributed by atoms with Crippen LogP contribution in [0.2, 0.25) is 0 Å². The Hall–Kier alpha value is -2.60. The van der Waals surface area contributed by atoms with Crippen molar-refractivity contribution >= 4 is 17.3 Å². The van der Waals surface area contributed by atoms with Crippen molar-refractivity contribution in [1.82, 2.24) is 4.90 Å². The van der Waals surface area contributed by atoms with Gasteiger partial charge in [0.2, 0.25) is 0 Å². The van der Waals surface area contributed by atoms with Gasteiger partial charge in [0.15, 0.2) is 0 Å². The molecule has 1 aliphatic rings. The van der Waals surface area contributed by atoms with E-state index in [4.69, 9.17) is 10.5 Å². The van der Waals surface area contributed by atoms with Gasteiger partial charge in [-0.15, -0.1) is 0 Å². The Morgan fingerprint density at radius 3 is 2.56 bits per heavy atom. The first-order valence-corrected chi connectivity index (χ1v) is 8.33. The summed E-state index contributed by atoms with van der Waals surface area (Å²) >= 11 is 0. The van der Waals surface area contributed by atoms with Crippen molar-refractivity contribution in [3.63, 3.8) is 0 Å². The highest BCUT2D eigenvalue weighted by atomic mass is 19.1. The minimum absolute atomic E-state index is 0.211. The van der Waals surface area contributed by atoms with E-state index in [9.17, 15) is 9.18 Å². The molecule has 0 unspecified atom stereocenters. The number of carbonyl (C=O) groups is 1. The second-order valence-corrected chi connectivity index (χ2v) is 6.33. The highest BCUT2D eigenvalue weighted by molar-refractivity contribution is 6.05. The zero-order valence-corrected chi connectivity index (χ0v) is 14.2. The summed E-state index contributed by atoms with van der Waals surface area (Å²) in [5.74, 6) is -0.0501. The molecule has 0 aliphatic carbocycles. The fourth-order valence-corrected chi connectivity index (χ4v) is 2.81. The Morgan fingerprint density at radius 2 is 1.88 bits per heavy atom. The van der Waals surface area contributed by atoms with Gasteiger partial charge in [-0.3, -0.25) is 4.79 Å². The summed E-state index contributed by atoms with van der Waals surface area (Å²) in [5, 5.41) is 2.62. The highest BCUT2D eigenvalue weighted by Gasteiger charge is 2.18. The van der Waals surface area contributed by atoms with Crippen molar-refractivity contribution in [1.29, 1.82) is 0 Å². The largest absolute Gasteiger partial charge is 0.490 e. The Kier molecular flexibility index (Phi) is 5.19. The van der Waals surface area contributed by atoms with E-state index in [2.05, 4.69) is 17.3 Å². The molecule has 3 N–H and O–H groups in total. The molecule has 0 bridgehead atoms. The van der Waals surface area contributed by atoms with Crippen LogP contribution in [0.1, 0.15) is 23.2 Å². The van der Waals surface area contributed by atoms with E-state index >= 15 is 0 Å². The fraction of sp³-hybridized carbons (Fsp3) is 0.316. The molecular formula is C19H22FN3O2. The molecule has 1 saturated heterocycles. The van der Waals surface area contributed by atoms with Crippen LogP contribution in [0.3, 0.4) is 0 Å². The molecule has 0 aromatic heterocycles. The highest BCUT2D eigenvalue weighted by Crippen LogP contribution is 2.22. The minimum atomic E-state index is -0.452. The second-order valence-electron chi connectivity index (χ2n) is 6.33. The number of amides is 1. The van der Waals surface area contributed by atoms with E-state index in [0.29, 0.717) is 11.3 Å². The number of ether oxygens (including phenoxy) is 1. The lowest BCUT2D eigenvalue weighted by molar-refractivity contribution is 0.102. The Labute approximate surface area is 146 Å². The number of piperidine rings is 1. The molecule has 0 radical (unpaired) electrons. The lowest BCUT2D eigenvalue weighted by atomic mass is 10.1. The van der Waals surface area contributed by atoms with Crippen LogP contribution >= 0.6 is 0 Å². The van der Waals surface area contributed by atoms with E-state index in [1.807, 2.05) is 0 Å². The average Bonchev–Trinajstić information content (AvgIpc) is 2.61. The van der Waals surface area contributed by atoms with E-state index in [1.54, 1.807) is 24.3 Å². The van der Waals surface area contributed by atoms with Crippen molar-refractivity contribution < 1.29 is 13.9 Å². The van der Waals surface area contributed by atoms with Crippen molar-refractivity contribution in [2.24, 2.45) is 0 Å². The zero-order valence-electron chi connectivity index (χ0n) is 14.2. The molecule has 3 rings (SSSR count). The summed E-state index contributed by atoms with van der Waals surface area (Å²) in [4.78, 5) is 14.6. The smallest absolute Gasteiger partial charge is 0.255 e. The number of nitrogens with zero attached hydrogens (tertiary/aromatic N) is 1. The maximum atomic E-state index is 13.3. The van der Waals surface area contributed by atoms with Crippen LogP contribution in [0.25, 0.3) is 0 Å². The SMILES string of the molecule is CN1CCC(Oc2ccc(C(=O)Nc3cc(F)ccc3N)cc2)CC1. The topological polar surface area (TPSA) is 67.6 Å². The molecule has 6 heteroatoms. The first-order valence-electron chi connectivity index (χ1n) is 8.33. The molecular weight excluding hydrogens is 321 g/mol. The van der Waals surface area contributed by atoms with Crippen LogP contribution in [0.4, 0.5) is 15.8 Å². The molecule has 0 saturated carbocycles. The van der Waals surface area contributed by atoms with Gasteiger partial charge in [0.25, 0.3) is 5.91 Å². The molecule has 1 heterocycles. The van der Waals surface area contributed by atoms with Gasteiger partial charge in [0, 0.05) is 18.7 Å². The van der Waals surface area contributed by atoms with Crippen molar-refractivity contribution in [3.8, 4) is 5.75 Å². The molecule has 5 nitrogen and oxygen atoms in total. The first kappa shape index (κ1) is 17.2. The van der Waals surface area contributed by atoms with Crippen molar-refractivity contribution in [2.75, 3.05) is 31.2 Å². The van der Waals surface area contributed by atoms with Gasteiger partial charge in [0.05, 0.1) is 11.4 Å². The van der Waals surface area contributed by atoms with Gasteiger partial charge in [-0.25, -0.2) is 4.39 Å². The number of anilines is 2. The van der Waals surface area contributed by atoms with Gasteiger partial charge >= 0.3 is 0 Å². The summed E-state index contributed by atoms with van der Waals surface area (Å²) in [6.07, 6.45) is 2.21. The van der Waals surface area contributed by atoms with Crippen LogP contribution in [-0.4, -0.2) is 37.0 Å². The number of hydrogen-bond donors (Lipinski definition) is 2. The monoisotopic (exact) mass is 343 g/mol. The number of nitrogens with two attached hydrogens (primary N) is 1. The summed E-state index contributed by atoms with van der Waals surface area (Å²) in [6.45, 7) is 2.06. The van der Waals surface area contributed by atoms with E-state index in [0.717, 1.165) is 31.7 Å². The molecule has 2 aromatic rings.